The van der Waals surface area contributed by atoms with Crippen molar-refractivity contribution in [1.29, 1.82) is 0 Å². The monoisotopic (exact) mass is 440 g/mol. The van der Waals surface area contributed by atoms with Crippen LogP contribution in [0.2, 0.25) is 0 Å². The van der Waals surface area contributed by atoms with Gasteiger partial charge >= 0.3 is 0 Å². The topological polar surface area (TPSA) is 43.7 Å². The Balaban J connectivity index is 1.26. The molecule has 0 spiro atoms. The van der Waals surface area contributed by atoms with Crippen molar-refractivity contribution in [3.8, 4) is 17.2 Å². The van der Waals surface area contributed by atoms with Gasteiger partial charge in [-0.2, -0.15) is 0 Å². The summed E-state index contributed by atoms with van der Waals surface area (Å²) in [4.78, 5) is 15.2. The van der Waals surface area contributed by atoms with Crippen LogP contribution in [0.5, 0.6) is 11.5 Å². The molecule has 168 valence electrons. The maximum atomic E-state index is 12.7. The van der Waals surface area contributed by atoms with Crippen LogP contribution in [-0.2, 0) is 6.61 Å². The van der Waals surface area contributed by atoms with Gasteiger partial charge in [0.2, 0.25) is 0 Å². The zero-order chi connectivity index (χ0) is 22.5. The summed E-state index contributed by atoms with van der Waals surface area (Å²) in [5.41, 5.74) is 1.77. The second-order valence-electron chi connectivity index (χ2n) is 8.44. The number of fused-ring (bicyclic) bond motifs is 1. The number of benzene rings is 3. The van der Waals surface area contributed by atoms with Crippen LogP contribution in [0.3, 0.4) is 0 Å². The standard InChI is InChI=1S/C28H28N2O3/c31-28-20-27(33-21-22-6-2-1-3-7-22)12-15-30(28)25-10-8-24-19-26(11-9-23(24)18-25)32-17-16-29-13-4-5-14-29/h1-3,6-12,15,18-20H,4-5,13-14,16-17,21H2. The van der Waals surface area contributed by atoms with E-state index in [1.165, 1.54) is 32.0 Å². The van der Waals surface area contributed by atoms with E-state index in [9.17, 15) is 4.79 Å². The maximum absolute atomic E-state index is 12.7. The molecule has 0 bridgehead atoms. The van der Waals surface area contributed by atoms with Crippen LogP contribution in [0.1, 0.15) is 18.4 Å². The molecule has 2 heterocycles. The molecular weight excluding hydrogens is 412 g/mol. The number of hydrogen-bond donors (Lipinski definition) is 0. The Hall–Kier alpha value is -3.57. The Bertz CT molecular complexity index is 1280. The van der Waals surface area contributed by atoms with E-state index in [1.54, 1.807) is 10.8 Å². The molecule has 5 nitrogen and oxygen atoms in total. The molecule has 0 radical (unpaired) electrons. The van der Waals surface area contributed by atoms with Crippen LogP contribution >= 0.6 is 0 Å². The Morgan fingerprint density at radius 1 is 0.758 bits per heavy atom. The van der Waals surface area contributed by atoms with Gasteiger partial charge in [-0.05, 0) is 72.6 Å². The van der Waals surface area contributed by atoms with Crippen LogP contribution in [-0.4, -0.2) is 35.7 Å². The van der Waals surface area contributed by atoms with Crippen LogP contribution in [0, 0.1) is 0 Å². The van der Waals surface area contributed by atoms with Crippen molar-refractivity contribution in [2.45, 2.75) is 19.4 Å². The van der Waals surface area contributed by atoms with E-state index in [0.717, 1.165) is 34.3 Å². The van der Waals surface area contributed by atoms with E-state index in [1.807, 2.05) is 66.7 Å². The number of rotatable bonds is 8. The van der Waals surface area contributed by atoms with Gasteiger partial charge in [-0.15, -0.1) is 0 Å². The number of pyridine rings is 1. The van der Waals surface area contributed by atoms with Crippen LogP contribution < -0.4 is 15.0 Å². The summed E-state index contributed by atoms with van der Waals surface area (Å²) in [6.07, 6.45) is 4.36. The first kappa shape index (κ1) is 21.3. The first-order valence-corrected chi connectivity index (χ1v) is 11.5. The SMILES string of the molecule is O=c1cc(OCc2ccccc2)ccn1-c1ccc2cc(OCCN3CCCC3)ccc2c1. The number of aromatic nitrogens is 1. The molecule has 1 fully saturated rings. The van der Waals surface area contributed by atoms with Gasteiger partial charge in [0, 0.05) is 24.5 Å². The summed E-state index contributed by atoms with van der Waals surface area (Å²) in [6, 6.07) is 25.4. The lowest BCUT2D eigenvalue weighted by atomic mass is 10.1. The van der Waals surface area contributed by atoms with Crippen LogP contribution in [0.25, 0.3) is 16.5 Å². The second-order valence-corrected chi connectivity index (χ2v) is 8.44. The molecule has 5 heteroatoms. The normalized spacial score (nSPS) is 13.9. The lowest BCUT2D eigenvalue weighted by Gasteiger charge is -2.15. The molecule has 5 rings (SSSR count). The number of nitrogens with zero attached hydrogens (tertiary/aromatic N) is 2. The van der Waals surface area contributed by atoms with Gasteiger partial charge in [0.1, 0.15) is 24.7 Å². The average Bonchev–Trinajstić information content (AvgIpc) is 3.37. The second kappa shape index (κ2) is 9.92. The summed E-state index contributed by atoms with van der Waals surface area (Å²) in [5.74, 6) is 1.45. The van der Waals surface area contributed by atoms with E-state index >= 15 is 0 Å². The average molecular weight is 441 g/mol. The zero-order valence-corrected chi connectivity index (χ0v) is 18.7. The largest absolute Gasteiger partial charge is 0.492 e. The minimum atomic E-state index is -0.123. The smallest absolute Gasteiger partial charge is 0.258 e. The lowest BCUT2D eigenvalue weighted by molar-refractivity contribution is 0.238. The van der Waals surface area contributed by atoms with Gasteiger partial charge in [-0.25, -0.2) is 0 Å². The molecule has 1 saturated heterocycles. The fourth-order valence-corrected chi connectivity index (χ4v) is 4.25. The zero-order valence-electron chi connectivity index (χ0n) is 18.7. The highest BCUT2D eigenvalue weighted by Crippen LogP contribution is 2.24. The van der Waals surface area contributed by atoms with Gasteiger partial charge in [-0.3, -0.25) is 14.3 Å². The van der Waals surface area contributed by atoms with E-state index in [0.29, 0.717) is 19.0 Å². The van der Waals surface area contributed by atoms with Crippen molar-refractivity contribution in [3.05, 3.63) is 101 Å². The molecule has 0 amide bonds. The third kappa shape index (κ3) is 5.26. The van der Waals surface area contributed by atoms with Crippen molar-refractivity contribution in [2.75, 3.05) is 26.2 Å². The summed E-state index contributed by atoms with van der Waals surface area (Å²) in [6.45, 7) is 4.48. The van der Waals surface area contributed by atoms with Gasteiger partial charge in [-0.1, -0.05) is 42.5 Å². The Kier molecular flexibility index (Phi) is 6.40. The molecule has 1 aliphatic rings. The quantitative estimate of drug-likeness (QED) is 0.385. The summed E-state index contributed by atoms with van der Waals surface area (Å²) in [7, 11) is 0. The van der Waals surface area contributed by atoms with E-state index < -0.39 is 0 Å². The molecule has 1 aromatic heterocycles. The van der Waals surface area contributed by atoms with E-state index in [-0.39, 0.29) is 5.56 Å². The van der Waals surface area contributed by atoms with Crippen molar-refractivity contribution >= 4 is 10.8 Å². The fraction of sp³-hybridized carbons (Fsp3) is 0.250. The third-order valence-corrected chi connectivity index (χ3v) is 6.09. The fourth-order valence-electron chi connectivity index (χ4n) is 4.25. The van der Waals surface area contributed by atoms with Crippen molar-refractivity contribution in [1.82, 2.24) is 9.47 Å². The first-order chi connectivity index (χ1) is 16.2. The Morgan fingerprint density at radius 2 is 1.52 bits per heavy atom. The highest BCUT2D eigenvalue weighted by molar-refractivity contribution is 5.85. The third-order valence-electron chi connectivity index (χ3n) is 6.09. The summed E-state index contributed by atoms with van der Waals surface area (Å²) >= 11 is 0. The van der Waals surface area contributed by atoms with E-state index in [4.69, 9.17) is 9.47 Å². The van der Waals surface area contributed by atoms with E-state index in [2.05, 4.69) is 11.0 Å². The Labute approximate surface area is 193 Å². The van der Waals surface area contributed by atoms with Crippen molar-refractivity contribution in [2.24, 2.45) is 0 Å². The minimum absolute atomic E-state index is 0.123. The number of hydrogen-bond acceptors (Lipinski definition) is 4. The molecule has 0 atom stereocenters. The lowest BCUT2D eigenvalue weighted by Crippen LogP contribution is -2.25. The highest BCUT2D eigenvalue weighted by Gasteiger charge is 2.11. The molecule has 0 N–H and O–H groups in total. The molecule has 0 aliphatic carbocycles. The van der Waals surface area contributed by atoms with Crippen molar-refractivity contribution in [3.63, 3.8) is 0 Å². The van der Waals surface area contributed by atoms with Crippen LogP contribution in [0.15, 0.2) is 89.9 Å². The van der Waals surface area contributed by atoms with Crippen molar-refractivity contribution < 1.29 is 9.47 Å². The van der Waals surface area contributed by atoms with Gasteiger partial charge in [0.15, 0.2) is 0 Å². The van der Waals surface area contributed by atoms with Gasteiger partial charge in [0.05, 0.1) is 0 Å². The van der Waals surface area contributed by atoms with Gasteiger partial charge in [0.25, 0.3) is 5.56 Å². The molecular formula is C28H28N2O3. The number of likely N-dealkylation sites (tertiary alicyclic amines) is 1. The van der Waals surface area contributed by atoms with Crippen LogP contribution in [0.4, 0.5) is 0 Å². The number of ether oxygens (including phenoxy) is 2. The predicted octanol–water partition coefficient (Wildman–Crippen LogP) is 5.04. The molecule has 0 unspecified atom stereocenters. The molecule has 0 saturated carbocycles. The predicted molar refractivity (Wildman–Crippen MR) is 131 cm³/mol. The highest BCUT2D eigenvalue weighted by atomic mass is 16.5. The maximum Gasteiger partial charge on any atom is 0.258 e. The molecule has 4 aromatic rings. The minimum Gasteiger partial charge on any atom is -0.492 e. The summed E-state index contributed by atoms with van der Waals surface area (Å²) in [5, 5.41) is 2.16. The van der Waals surface area contributed by atoms with Gasteiger partial charge < -0.3 is 9.47 Å². The first-order valence-electron chi connectivity index (χ1n) is 11.5. The summed E-state index contributed by atoms with van der Waals surface area (Å²) < 4.78 is 13.4. The molecule has 1 aliphatic heterocycles. The Morgan fingerprint density at radius 3 is 2.33 bits per heavy atom. The molecule has 33 heavy (non-hydrogen) atoms. The molecule has 3 aromatic carbocycles.